The Morgan fingerprint density at radius 2 is 1.89 bits per heavy atom. The number of hydrogen-bond acceptors (Lipinski definition) is 2. The van der Waals surface area contributed by atoms with Gasteiger partial charge in [-0.05, 0) is 36.6 Å². The van der Waals surface area contributed by atoms with E-state index in [4.69, 9.17) is 20.8 Å². The maximum Gasteiger partial charge on any atom is 0.124 e. The first-order valence-corrected chi connectivity index (χ1v) is 6.87. The summed E-state index contributed by atoms with van der Waals surface area (Å²) >= 11 is 6.60. The van der Waals surface area contributed by atoms with Crippen LogP contribution in [-0.4, -0.2) is 7.11 Å². The van der Waals surface area contributed by atoms with Crippen molar-refractivity contribution in [2.45, 2.75) is 32.6 Å². The molecule has 2 nitrogen and oxygen atoms in total. The van der Waals surface area contributed by atoms with Gasteiger partial charge in [0.1, 0.15) is 11.5 Å². The number of rotatable bonds is 4. The van der Waals surface area contributed by atoms with Crippen molar-refractivity contribution >= 4 is 11.6 Å². The Morgan fingerprint density at radius 3 is 2.42 bits per heavy atom. The average molecular weight is 279 g/mol. The van der Waals surface area contributed by atoms with Crippen LogP contribution >= 0.6 is 11.6 Å². The minimum Gasteiger partial charge on any atom is -0.496 e. The van der Waals surface area contributed by atoms with E-state index in [1.165, 1.54) is 0 Å². The van der Waals surface area contributed by atoms with Crippen LogP contribution < -0.4 is 4.74 Å². The Bertz CT molecular complexity index is 549. The lowest BCUT2D eigenvalue weighted by molar-refractivity contribution is 0.408. The van der Waals surface area contributed by atoms with E-state index in [0.29, 0.717) is 0 Å². The standard InChI is InChI=1S/C16H19ClO2/c1-5-14-13(6-7-19-14)15(17)12-8-10(2)16(18-4)11(3)9-12/h6-9,15H,5H2,1-4H3. The number of alkyl halides is 1. The number of aryl methyl sites for hydroxylation is 3. The highest BCUT2D eigenvalue weighted by atomic mass is 35.5. The molecule has 0 fully saturated rings. The number of ether oxygens (including phenoxy) is 1. The molecule has 0 aliphatic carbocycles. The molecule has 0 aliphatic rings. The largest absolute Gasteiger partial charge is 0.496 e. The van der Waals surface area contributed by atoms with Gasteiger partial charge in [0.15, 0.2) is 0 Å². The lowest BCUT2D eigenvalue weighted by atomic mass is 9.99. The van der Waals surface area contributed by atoms with Gasteiger partial charge < -0.3 is 9.15 Å². The normalized spacial score (nSPS) is 12.5. The summed E-state index contributed by atoms with van der Waals surface area (Å²) in [6.45, 7) is 6.14. The lowest BCUT2D eigenvalue weighted by Gasteiger charge is -2.15. The van der Waals surface area contributed by atoms with Gasteiger partial charge in [0, 0.05) is 12.0 Å². The molecule has 2 rings (SSSR count). The van der Waals surface area contributed by atoms with Crippen molar-refractivity contribution in [3.63, 3.8) is 0 Å². The summed E-state index contributed by atoms with van der Waals surface area (Å²) in [4.78, 5) is 0. The van der Waals surface area contributed by atoms with Gasteiger partial charge in [-0.3, -0.25) is 0 Å². The molecule has 3 heteroatoms. The van der Waals surface area contributed by atoms with Gasteiger partial charge in [0.2, 0.25) is 0 Å². The summed E-state index contributed by atoms with van der Waals surface area (Å²) < 4.78 is 10.8. The zero-order valence-electron chi connectivity index (χ0n) is 11.8. The monoisotopic (exact) mass is 278 g/mol. The molecule has 0 spiro atoms. The van der Waals surface area contributed by atoms with Crippen LogP contribution in [0.25, 0.3) is 0 Å². The van der Waals surface area contributed by atoms with Crippen LogP contribution in [0.3, 0.4) is 0 Å². The average Bonchev–Trinajstić information content (AvgIpc) is 2.85. The topological polar surface area (TPSA) is 22.4 Å². The second kappa shape index (κ2) is 5.70. The quantitative estimate of drug-likeness (QED) is 0.750. The molecule has 0 radical (unpaired) electrons. The smallest absolute Gasteiger partial charge is 0.124 e. The molecule has 19 heavy (non-hydrogen) atoms. The van der Waals surface area contributed by atoms with E-state index in [-0.39, 0.29) is 5.38 Å². The number of halogens is 1. The highest BCUT2D eigenvalue weighted by Gasteiger charge is 2.18. The molecule has 0 bridgehead atoms. The fraction of sp³-hybridized carbons (Fsp3) is 0.375. The van der Waals surface area contributed by atoms with Gasteiger partial charge >= 0.3 is 0 Å². The van der Waals surface area contributed by atoms with Crippen molar-refractivity contribution < 1.29 is 9.15 Å². The maximum atomic E-state index is 6.60. The predicted molar refractivity (Wildman–Crippen MR) is 78.3 cm³/mol. The second-order valence-corrected chi connectivity index (χ2v) is 5.14. The van der Waals surface area contributed by atoms with Crippen molar-refractivity contribution in [1.82, 2.24) is 0 Å². The van der Waals surface area contributed by atoms with Gasteiger partial charge in [0.05, 0.1) is 18.8 Å². The summed E-state index contributed by atoms with van der Waals surface area (Å²) in [5.41, 5.74) is 4.33. The van der Waals surface area contributed by atoms with Gasteiger partial charge in [-0.1, -0.05) is 19.1 Å². The van der Waals surface area contributed by atoms with Crippen molar-refractivity contribution in [2.75, 3.05) is 7.11 Å². The molecule has 0 saturated heterocycles. The first kappa shape index (κ1) is 14.0. The highest BCUT2D eigenvalue weighted by Crippen LogP contribution is 2.35. The molecular weight excluding hydrogens is 260 g/mol. The molecule has 0 saturated carbocycles. The summed E-state index contributed by atoms with van der Waals surface area (Å²) in [5.74, 6) is 1.88. The Morgan fingerprint density at radius 1 is 1.26 bits per heavy atom. The van der Waals surface area contributed by atoms with E-state index in [0.717, 1.165) is 40.2 Å². The van der Waals surface area contributed by atoms with Gasteiger partial charge in [0.25, 0.3) is 0 Å². The van der Waals surface area contributed by atoms with Crippen LogP contribution in [0.2, 0.25) is 0 Å². The zero-order chi connectivity index (χ0) is 14.0. The van der Waals surface area contributed by atoms with Crippen LogP contribution in [0.5, 0.6) is 5.75 Å². The molecule has 1 atom stereocenters. The SMILES string of the molecule is CCc1occc1C(Cl)c1cc(C)c(OC)c(C)c1. The molecular formula is C16H19ClO2. The van der Waals surface area contributed by atoms with E-state index in [1.54, 1.807) is 13.4 Å². The Labute approximate surface area is 119 Å². The fourth-order valence-electron chi connectivity index (χ4n) is 2.50. The number of benzene rings is 1. The molecule has 1 aromatic carbocycles. The Kier molecular flexibility index (Phi) is 4.20. The Balaban J connectivity index is 2.42. The minimum atomic E-state index is -0.183. The molecule has 0 amide bonds. The summed E-state index contributed by atoms with van der Waals surface area (Å²) in [6.07, 6.45) is 2.55. The van der Waals surface area contributed by atoms with E-state index in [9.17, 15) is 0 Å². The highest BCUT2D eigenvalue weighted by molar-refractivity contribution is 6.22. The summed E-state index contributed by atoms with van der Waals surface area (Å²) in [5, 5.41) is -0.183. The van der Waals surface area contributed by atoms with Gasteiger partial charge in [-0.15, -0.1) is 11.6 Å². The number of methoxy groups -OCH3 is 1. The molecule has 1 unspecified atom stereocenters. The van der Waals surface area contributed by atoms with Gasteiger partial charge in [-0.25, -0.2) is 0 Å². The van der Waals surface area contributed by atoms with Crippen molar-refractivity contribution in [1.29, 1.82) is 0 Å². The van der Waals surface area contributed by atoms with E-state index >= 15 is 0 Å². The molecule has 2 aromatic rings. The van der Waals surface area contributed by atoms with Crippen LogP contribution in [0, 0.1) is 13.8 Å². The van der Waals surface area contributed by atoms with Crippen LogP contribution in [0.15, 0.2) is 28.9 Å². The van der Waals surface area contributed by atoms with Crippen molar-refractivity contribution in [2.24, 2.45) is 0 Å². The maximum absolute atomic E-state index is 6.60. The van der Waals surface area contributed by atoms with E-state index < -0.39 is 0 Å². The second-order valence-electron chi connectivity index (χ2n) is 4.70. The van der Waals surface area contributed by atoms with Crippen LogP contribution in [0.4, 0.5) is 0 Å². The first-order valence-electron chi connectivity index (χ1n) is 6.44. The van der Waals surface area contributed by atoms with E-state index in [2.05, 4.69) is 19.1 Å². The third kappa shape index (κ3) is 2.64. The summed E-state index contributed by atoms with van der Waals surface area (Å²) in [7, 11) is 1.69. The van der Waals surface area contributed by atoms with Crippen molar-refractivity contribution in [3.05, 3.63) is 52.5 Å². The molecule has 0 N–H and O–H groups in total. The minimum absolute atomic E-state index is 0.183. The lowest BCUT2D eigenvalue weighted by Crippen LogP contribution is -1.99. The zero-order valence-corrected chi connectivity index (χ0v) is 12.5. The van der Waals surface area contributed by atoms with Crippen molar-refractivity contribution in [3.8, 4) is 5.75 Å². The third-order valence-electron chi connectivity index (χ3n) is 3.35. The molecule has 0 aliphatic heterocycles. The third-order valence-corrected chi connectivity index (χ3v) is 3.84. The van der Waals surface area contributed by atoms with E-state index in [1.807, 2.05) is 19.9 Å². The molecule has 102 valence electrons. The number of furan rings is 1. The number of hydrogen-bond donors (Lipinski definition) is 0. The Hall–Kier alpha value is -1.41. The fourth-order valence-corrected chi connectivity index (χ4v) is 2.82. The molecule has 1 heterocycles. The predicted octanol–water partition coefficient (Wildman–Crippen LogP) is 4.80. The summed E-state index contributed by atoms with van der Waals surface area (Å²) in [6, 6.07) is 6.11. The molecule has 1 aromatic heterocycles. The van der Waals surface area contributed by atoms with Crippen LogP contribution in [-0.2, 0) is 6.42 Å². The van der Waals surface area contributed by atoms with Gasteiger partial charge in [-0.2, -0.15) is 0 Å². The first-order chi connectivity index (χ1) is 9.08. The van der Waals surface area contributed by atoms with Crippen LogP contribution in [0.1, 0.15) is 40.3 Å².